The molecule has 0 saturated carbocycles. The number of nitrogens with zero attached hydrogens (tertiary/aromatic N) is 3. The fourth-order valence-corrected chi connectivity index (χ4v) is 2.89. The lowest BCUT2D eigenvalue weighted by Gasteiger charge is -2.11. The minimum atomic E-state index is -3.63. The Kier molecular flexibility index (Phi) is 4.53. The molecule has 0 amide bonds. The number of aliphatic hydroxyl groups excluding tert-OH is 1. The van der Waals surface area contributed by atoms with Crippen LogP contribution in [0.4, 0.5) is 0 Å². The maximum atomic E-state index is 12.2. The fourth-order valence-electron chi connectivity index (χ4n) is 1.70. The van der Waals surface area contributed by atoms with Crippen LogP contribution in [0.15, 0.2) is 29.7 Å². The largest absolute Gasteiger partial charge is 0.396 e. The Morgan fingerprint density at radius 3 is 2.95 bits per heavy atom. The van der Waals surface area contributed by atoms with Crippen molar-refractivity contribution in [2.24, 2.45) is 0 Å². The molecule has 2 rings (SSSR count). The maximum Gasteiger partial charge on any atom is 0.244 e. The van der Waals surface area contributed by atoms with Crippen LogP contribution in [0.3, 0.4) is 0 Å². The van der Waals surface area contributed by atoms with Gasteiger partial charge in [0, 0.05) is 37.2 Å². The lowest BCUT2D eigenvalue weighted by atomic mass is 10.2. The van der Waals surface area contributed by atoms with Crippen LogP contribution in [0.2, 0.25) is 0 Å². The third-order valence-electron chi connectivity index (χ3n) is 2.82. The monoisotopic (exact) mass is 299 g/mol. The van der Waals surface area contributed by atoms with Gasteiger partial charge in [-0.05, 0) is 13.3 Å². The van der Waals surface area contributed by atoms with E-state index in [2.05, 4.69) is 20.0 Å². The fraction of sp³-hybridized carbons (Fsp3) is 0.455. The summed E-state index contributed by atoms with van der Waals surface area (Å²) in [5.74, 6) is 0. The highest BCUT2D eigenvalue weighted by atomic mass is 32.2. The van der Waals surface area contributed by atoms with E-state index in [9.17, 15) is 8.42 Å². The summed E-state index contributed by atoms with van der Waals surface area (Å²) in [6, 6.07) is -0.389. The van der Waals surface area contributed by atoms with Gasteiger partial charge in [-0.2, -0.15) is 10.2 Å². The van der Waals surface area contributed by atoms with Gasteiger partial charge in [0.15, 0.2) is 0 Å². The van der Waals surface area contributed by atoms with Crippen molar-refractivity contribution < 1.29 is 13.5 Å². The first-order valence-corrected chi connectivity index (χ1v) is 7.65. The lowest BCUT2D eigenvalue weighted by Crippen LogP contribution is -2.26. The number of aromatic amines is 1. The SMILES string of the molecule is CC(NS(=O)(=O)c1cnn(CCCO)c1)c1cn[nH]c1. The van der Waals surface area contributed by atoms with E-state index in [0.29, 0.717) is 13.0 Å². The number of nitrogens with one attached hydrogen (secondary N) is 2. The third kappa shape index (κ3) is 3.44. The number of hydrogen-bond acceptors (Lipinski definition) is 5. The molecule has 1 atom stereocenters. The Bertz CT molecular complexity index is 635. The van der Waals surface area contributed by atoms with Gasteiger partial charge < -0.3 is 5.11 Å². The van der Waals surface area contributed by atoms with Crippen LogP contribution < -0.4 is 4.72 Å². The molecule has 0 spiro atoms. The second-order valence-corrected chi connectivity index (χ2v) is 6.10. The van der Waals surface area contributed by atoms with Crippen molar-refractivity contribution in [1.29, 1.82) is 0 Å². The van der Waals surface area contributed by atoms with Gasteiger partial charge in [0.2, 0.25) is 10.0 Å². The Morgan fingerprint density at radius 1 is 1.50 bits per heavy atom. The van der Waals surface area contributed by atoms with Crippen molar-refractivity contribution in [2.45, 2.75) is 30.8 Å². The zero-order valence-electron chi connectivity index (χ0n) is 11.0. The molecule has 1 unspecified atom stereocenters. The number of aromatic nitrogens is 4. The van der Waals surface area contributed by atoms with Crippen LogP contribution >= 0.6 is 0 Å². The highest BCUT2D eigenvalue weighted by Gasteiger charge is 2.20. The van der Waals surface area contributed by atoms with E-state index in [1.165, 1.54) is 17.1 Å². The number of rotatable bonds is 7. The van der Waals surface area contributed by atoms with Gasteiger partial charge in [0.1, 0.15) is 4.90 Å². The summed E-state index contributed by atoms with van der Waals surface area (Å²) in [4.78, 5) is 0.103. The smallest absolute Gasteiger partial charge is 0.244 e. The van der Waals surface area contributed by atoms with E-state index < -0.39 is 10.0 Å². The van der Waals surface area contributed by atoms with Crippen molar-refractivity contribution >= 4 is 10.0 Å². The van der Waals surface area contributed by atoms with Gasteiger partial charge in [-0.1, -0.05) is 0 Å². The first kappa shape index (κ1) is 14.7. The summed E-state index contributed by atoms with van der Waals surface area (Å²) in [7, 11) is -3.63. The van der Waals surface area contributed by atoms with Crippen LogP contribution in [-0.2, 0) is 16.6 Å². The van der Waals surface area contributed by atoms with Crippen LogP contribution in [0.5, 0.6) is 0 Å². The maximum absolute atomic E-state index is 12.2. The van der Waals surface area contributed by atoms with E-state index in [1.54, 1.807) is 19.3 Å². The topological polar surface area (TPSA) is 113 Å². The van der Waals surface area contributed by atoms with E-state index in [0.717, 1.165) is 5.56 Å². The second-order valence-electron chi connectivity index (χ2n) is 4.39. The predicted molar refractivity (Wildman–Crippen MR) is 71.3 cm³/mol. The van der Waals surface area contributed by atoms with Crippen LogP contribution in [0, 0.1) is 0 Å². The minimum absolute atomic E-state index is 0.0394. The number of aryl methyl sites for hydroxylation is 1. The Morgan fingerprint density at radius 2 is 2.30 bits per heavy atom. The molecule has 9 heteroatoms. The van der Waals surface area contributed by atoms with Crippen molar-refractivity contribution in [1.82, 2.24) is 24.7 Å². The van der Waals surface area contributed by atoms with Gasteiger partial charge in [-0.3, -0.25) is 9.78 Å². The average Bonchev–Trinajstić information content (AvgIpc) is 3.07. The molecular weight excluding hydrogens is 282 g/mol. The highest BCUT2D eigenvalue weighted by Crippen LogP contribution is 2.15. The molecule has 3 N–H and O–H groups in total. The van der Waals surface area contributed by atoms with Crippen molar-refractivity contribution in [3.63, 3.8) is 0 Å². The van der Waals surface area contributed by atoms with Gasteiger partial charge in [0.05, 0.1) is 12.4 Å². The predicted octanol–water partition coefficient (Wildman–Crippen LogP) is 0.0281. The first-order chi connectivity index (χ1) is 9.53. The lowest BCUT2D eigenvalue weighted by molar-refractivity contribution is 0.277. The molecule has 110 valence electrons. The number of H-pyrrole nitrogens is 1. The Balaban J connectivity index is 2.08. The molecule has 0 aliphatic rings. The van der Waals surface area contributed by atoms with E-state index in [-0.39, 0.29) is 17.5 Å². The number of hydrogen-bond donors (Lipinski definition) is 3. The zero-order chi connectivity index (χ0) is 14.6. The number of aliphatic hydroxyl groups is 1. The molecule has 2 aromatic heterocycles. The molecule has 0 saturated heterocycles. The van der Waals surface area contributed by atoms with Crippen molar-refractivity contribution in [3.8, 4) is 0 Å². The molecule has 0 radical (unpaired) electrons. The molecule has 2 aromatic rings. The summed E-state index contributed by atoms with van der Waals surface area (Å²) in [6.07, 6.45) is 6.47. The average molecular weight is 299 g/mol. The van der Waals surface area contributed by atoms with Gasteiger partial charge in [-0.15, -0.1) is 0 Å². The van der Waals surface area contributed by atoms with Gasteiger partial charge >= 0.3 is 0 Å². The highest BCUT2D eigenvalue weighted by molar-refractivity contribution is 7.89. The Hall–Kier alpha value is -1.71. The molecule has 0 aromatic carbocycles. The van der Waals surface area contributed by atoms with Gasteiger partial charge in [0.25, 0.3) is 0 Å². The zero-order valence-corrected chi connectivity index (χ0v) is 11.8. The van der Waals surface area contributed by atoms with Crippen LogP contribution in [0.25, 0.3) is 0 Å². The van der Waals surface area contributed by atoms with Crippen molar-refractivity contribution in [3.05, 3.63) is 30.4 Å². The van der Waals surface area contributed by atoms with Crippen LogP contribution in [0.1, 0.15) is 24.9 Å². The molecule has 2 heterocycles. The quantitative estimate of drug-likeness (QED) is 0.667. The molecule has 0 aliphatic heterocycles. The van der Waals surface area contributed by atoms with E-state index in [4.69, 9.17) is 5.11 Å². The van der Waals surface area contributed by atoms with E-state index >= 15 is 0 Å². The number of sulfonamides is 1. The third-order valence-corrected chi connectivity index (χ3v) is 4.31. The molecule has 20 heavy (non-hydrogen) atoms. The summed E-state index contributed by atoms with van der Waals surface area (Å²) < 4.78 is 28.4. The van der Waals surface area contributed by atoms with Gasteiger partial charge in [-0.25, -0.2) is 13.1 Å². The van der Waals surface area contributed by atoms with Crippen LogP contribution in [-0.4, -0.2) is 40.1 Å². The minimum Gasteiger partial charge on any atom is -0.396 e. The normalized spacial score (nSPS) is 13.5. The summed E-state index contributed by atoms with van der Waals surface area (Å²) in [5.41, 5.74) is 0.751. The summed E-state index contributed by atoms with van der Waals surface area (Å²) in [6.45, 7) is 2.25. The molecule has 0 fully saturated rings. The first-order valence-electron chi connectivity index (χ1n) is 6.17. The second kappa shape index (κ2) is 6.16. The van der Waals surface area contributed by atoms with Crippen molar-refractivity contribution in [2.75, 3.05) is 6.61 Å². The molecule has 0 aliphatic carbocycles. The summed E-state index contributed by atoms with van der Waals surface area (Å²) >= 11 is 0. The standard InChI is InChI=1S/C11H17N5O3S/c1-9(10-5-12-13-6-10)15-20(18,19)11-7-14-16(8-11)3-2-4-17/h5-9,15,17H,2-4H2,1H3,(H,12,13). The summed E-state index contributed by atoms with van der Waals surface area (Å²) in [5, 5.41) is 19.1. The van der Waals surface area contributed by atoms with E-state index in [1.807, 2.05) is 0 Å². The molecule has 8 nitrogen and oxygen atoms in total. The Labute approximate surface area is 116 Å². The molecule has 0 bridgehead atoms. The molecular formula is C11H17N5O3S.